The molecule has 0 radical (unpaired) electrons. The van der Waals surface area contributed by atoms with Crippen LogP contribution in [0.15, 0.2) is 0 Å². The number of rotatable bonds is 6. The van der Waals surface area contributed by atoms with Gasteiger partial charge in [0.2, 0.25) is 5.91 Å². The Morgan fingerprint density at radius 2 is 2.29 bits per heavy atom. The molecule has 1 rings (SSSR count). The predicted octanol–water partition coefficient (Wildman–Crippen LogP) is 2.29. The number of thioether (sulfide) groups is 1. The Labute approximate surface area is 109 Å². The van der Waals surface area contributed by atoms with Gasteiger partial charge in [0.25, 0.3) is 0 Å². The lowest BCUT2D eigenvalue weighted by Crippen LogP contribution is -2.58. The fraction of sp³-hybridized carbons (Fsp3) is 0.923. The van der Waals surface area contributed by atoms with Gasteiger partial charge in [0, 0.05) is 10.5 Å². The molecule has 0 aromatic rings. The van der Waals surface area contributed by atoms with E-state index in [1.165, 1.54) is 12.8 Å². The molecule has 0 aromatic carbocycles. The van der Waals surface area contributed by atoms with Crippen LogP contribution in [0.2, 0.25) is 0 Å². The molecule has 3 unspecified atom stereocenters. The minimum atomic E-state index is -0.446. The van der Waals surface area contributed by atoms with E-state index in [0.717, 1.165) is 25.8 Å². The van der Waals surface area contributed by atoms with E-state index in [9.17, 15) is 4.79 Å². The van der Waals surface area contributed by atoms with Gasteiger partial charge in [-0.3, -0.25) is 4.79 Å². The summed E-state index contributed by atoms with van der Waals surface area (Å²) in [4.78, 5) is 11.7. The first-order chi connectivity index (χ1) is 8.04. The number of hydrogen-bond acceptors (Lipinski definition) is 3. The van der Waals surface area contributed by atoms with Crippen molar-refractivity contribution < 1.29 is 4.79 Å². The van der Waals surface area contributed by atoms with E-state index in [1.807, 2.05) is 18.7 Å². The van der Waals surface area contributed by atoms with Crippen molar-refractivity contribution in [1.29, 1.82) is 0 Å². The summed E-state index contributed by atoms with van der Waals surface area (Å²) < 4.78 is 0. The molecule has 4 heteroatoms. The zero-order valence-corrected chi connectivity index (χ0v) is 12.1. The van der Waals surface area contributed by atoms with Crippen molar-refractivity contribution >= 4 is 17.7 Å². The van der Waals surface area contributed by atoms with Crippen molar-refractivity contribution in [2.24, 2.45) is 5.73 Å². The molecule has 0 aliphatic heterocycles. The molecule has 1 amide bonds. The third-order valence-corrected chi connectivity index (χ3v) is 5.28. The Morgan fingerprint density at radius 1 is 1.59 bits per heavy atom. The molecular weight excluding hydrogens is 232 g/mol. The van der Waals surface area contributed by atoms with Gasteiger partial charge in [-0.25, -0.2) is 0 Å². The SMILES string of the molecule is CCNC1(C(N)=O)CCCC(SC(C)CC)C1. The Bertz CT molecular complexity index is 256. The molecule has 3 atom stereocenters. The maximum Gasteiger partial charge on any atom is 0.237 e. The van der Waals surface area contributed by atoms with Crippen LogP contribution in [-0.4, -0.2) is 28.5 Å². The monoisotopic (exact) mass is 258 g/mol. The molecule has 17 heavy (non-hydrogen) atoms. The fourth-order valence-electron chi connectivity index (χ4n) is 2.58. The van der Waals surface area contributed by atoms with Crippen molar-refractivity contribution in [1.82, 2.24) is 5.32 Å². The zero-order chi connectivity index (χ0) is 12.9. The molecular formula is C13H26N2OS. The summed E-state index contributed by atoms with van der Waals surface area (Å²) in [6.07, 6.45) is 5.30. The number of likely N-dealkylation sites (N-methyl/N-ethyl adjacent to an activating group) is 1. The van der Waals surface area contributed by atoms with Crippen molar-refractivity contribution in [2.75, 3.05) is 6.54 Å². The Kier molecular flexibility index (Phi) is 5.80. The number of nitrogens with one attached hydrogen (secondary N) is 1. The molecule has 0 heterocycles. The van der Waals surface area contributed by atoms with E-state index in [1.54, 1.807) is 0 Å². The van der Waals surface area contributed by atoms with Crippen LogP contribution in [0.5, 0.6) is 0 Å². The average molecular weight is 258 g/mol. The Morgan fingerprint density at radius 3 is 2.82 bits per heavy atom. The molecule has 1 fully saturated rings. The lowest BCUT2D eigenvalue weighted by Gasteiger charge is -2.39. The van der Waals surface area contributed by atoms with Gasteiger partial charge in [-0.05, 0) is 38.6 Å². The second-order valence-corrected chi connectivity index (χ2v) is 6.79. The van der Waals surface area contributed by atoms with Crippen LogP contribution in [-0.2, 0) is 4.79 Å². The van der Waals surface area contributed by atoms with Crippen LogP contribution in [0, 0.1) is 0 Å². The van der Waals surface area contributed by atoms with E-state index < -0.39 is 5.54 Å². The third-order valence-electron chi connectivity index (χ3n) is 3.69. The Hall–Kier alpha value is -0.220. The summed E-state index contributed by atoms with van der Waals surface area (Å²) in [5, 5.41) is 4.58. The molecule has 0 bridgehead atoms. The molecule has 1 aliphatic rings. The lowest BCUT2D eigenvalue weighted by molar-refractivity contribution is -0.125. The van der Waals surface area contributed by atoms with E-state index in [2.05, 4.69) is 19.2 Å². The molecule has 1 aliphatic carbocycles. The van der Waals surface area contributed by atoms with Gasteiger partial charge in [-0.1, -0.05) is 20.8 Å². The maximum absolute atomic E-state index is 11.7. The molecule has 0 spiro atoms. The summed E-state index contributed by atoms with van der Waals surface area (Å²) in [5.41, 5.74) is 5.16. The highest BCUT2D eigenvalue weighted by atomic mass is 32.2. The Balaban J connectivity index is 2.64. The highest BCUT2D eigenvalue weighted by molar-refractivity contribution is 8.00. The van der Waals surface area contributed by atoms with Gasteiger partial charge in [0.05, 0.1) is 5.54 Å². The standard InChI is InChI=1S/C13H26N2OS/c1-4-10(3)17-11-7-6-8-13(9-11,12(14)16)15-5-2/h10-11,15H,4-9H2,1-3H3,(H2,14,16). The lowest BCUT2D eigenvalue weighted by atomic mass is 9.80. The van der Waals surface area contributed by atoms with Crippen LogP contribution in [0.25, 0.3) is 0 Å². The second kappa shape index (κ2) is 6.64. The van der Waals surface area contributed by atoms with Crippen LogP contribution in [0.4, 0.5) is 0 Å². The number of hydrogen-bond donors (Lipinski definition) is 2. The molecule has 100 valence electrons. The number of carbonyl (C=O) groups excluding carboxylic acids is 1. The van der Waals surface area contributed by atoms with Gasteiger partial charge in [-0.15, -0.1) is 0 Å². The quantitative estimate of drug-likeness (QED) is 0.768. The highest BCUT2D eigenvalue weighted by Gasteiger charge is 2.40. The zero-order valence-electron chi connectivity index (χ0n) is 11.3. The number of carbonyl (C=O) groups is 1. The molecule has 0 saturated heterocycles. The maximum atomic E-state index is 11.7. The average Bonchev–Trinajstić information content (AvgIpc) is 2.29. The topological polar surface area (TPSA) is 55.1 Å². The minimum absolute atomic E-state index is 0.172. The molecule has 3 N–H and O–H groups in total. The first-order valence-electron chi connectivity index (χ1n) is 6.74. The van der Waals surface area contributed by atoms with E-state index in [-0.39, 0.29) is 5.91 Å². The highest BCUT2D eigenvalue weighted by Crippen LogP contribution is 2.37. The van der Waals surface area contributed by atoms with Crippen molar-refractivity contribution in [3.63, 3.8) is 0 Å². The fourth-order valence-corrected chi connectivity index (χ4v) is 4.11. The summed E-state index contributed by atoms with van der Waals surface area (Å²) in [7, 11) is 0. The van der Waals surface area contributed by atoms with Crippen molar-refractivity contribution in [2.45, 2.75) is 68.9 Å². The summed E-state index contributed by atoms with van der Waals surface area (Å²) in [5.74, 6) is -0.172. The first-order valence-corrected chi connectivity index (χ1v) is 7.68. The largest absolute Gasteiger partial charge is 0.368 e. The van der Waals surface area contributed by atoms with Gasteiger partial charge >= 0.3 is 0 Å². The number of primary amides is 1. The third kappa shape index (κ3) is 3.88. The normalized spacial score (nSPS) is 31.1. The summed E-state index contributed by atoms with van der Waals surface area (Å²) >= 11 is 2.02. The smallest absolute Gasteiger partial charge is 0.237 e. The molecule has 0 aromatic heterocycles. The van der Waals surface area contributed by atoms with E-state index >= 15 is 0 Å². The van der Waals surface area contributed by atoms with Crippen molar-refractivity contribution in [3.05, 3.63) is 0 Å². The van der Waals surface area contributed by atoms with Gasteiger partial charge in [0.15, 0.2) is 0 Å². The van der Waals surface area contributed by atoms with E-state index in [4.69, 9.17) is 5.73 Å². The van der Waals surface area contributed by atoms with Crippen LogP contribution in [0.3, 0.4) is 0 Å². The first kappa shape index (κ1) is 14.8. The van der Waals surface area contributed by atoms with Crippen LogP contribution < -0.4 is 11.1 Å². The summed E-state index contributed by atoms with van der Waals surface area (Å²) in [6.45, 7) is 7.32. The summed E-state index contributed by atoms with van der Waals surface area (Å²) in [6, 6.07) is 0. The second-order valence-electron chi connectivity index (χ2n) is 5.05. The minimum Gasteiger partial charge on any atom is -0.368 e. The van der Waals surface area contributed by atoms with E-state index in [0.29, 0.717) is 10.5 Å². The van der Waals surface area contributed by atoms with Crippen LogP contribution >= 0.6 is 11.8 Å². The molecule has 3 nitrogen and oxygen atoms in total. The number of amides is 1. The molecule has 1 saturated carbocycles. The van der Waals surface area contributed by atoms with Gasteiger partial charge < -0.3 is 11.1 Å². The van der Waals surface area contributed by atoms with Crippen molar-refractivity contribution in [3.8, 4) is 0 Å². The van der Waals surface area contributed by atoms with Gasteiger partial charge in [0.1, 0.15) is 0 Å². The predicted molar refractivity (Wildman–Crippen MR) is 75.2 cm³/mol. The number of nitrogens with two attached hydrogens (primary N) is 1. The van der Waals surface area contributed by atoms with Gasteiger partial charge in [-0.2, -0.15) is 11.8 Å². The van der Waals surface area contributed by atoms with Crippen LogP contribution in [0.1, 0.15) is 52.9 Å².